The van der Waals surface area contributed by atoms with Gasteiger partial charge in [0.25, 0.3) is 0 Å². The van der Waals surface area contributed by atoms with Crippen molar-refractivity contribution in [3.05, 3.63) is 75.0 Å². The maximum absolute atomic E-state index is 11.2. The lowest BCUT2D eigenvalue weighted by atomic mass is 10.1. The average molecular weight is 420 g/mol. The molecule has 0 fully saturated rings. The first kappa shape index (κ1) is 20.3. The summed E-state index contributed by atoms with van der Waals surface area (Å²) < 4.78 is 1.95. The molecule has 3 rings (SSSR count). The Kier molecular flexibility index (Phi) is 6.61. The molecule has 146 valence electrons. The molecule has 28 heavy (non-hydrogen) atoms. The molecule has 0 saturated heterocycles. The lowest BCUT2D eigenvalue weighted by molar-refractivity contribution is 0.0696. The van der Waals surface area contributed by atoms with Crippen molar-refractivity contribution in [1.82, 2.24) is 25.1 Å². The maximum atomic E-state index is 11.2. The molecule has 0 atom stereocenters. The minimum absolute atomic E-state index is 0.229. The number of carbonyl (C=O) groups is 1. The lowest BCUT2D eigenvalue weighted by Crippen LogP contribution is -2.18. The molecule has 1 aromatic carbocycles. The number of aromatic carboxylic acids is 1. The van der Waals surface area contributed by atoms with Gasteiger partial charge < -0.3 is 15.0 Å². The van der Waals surface area contributed by atoms with E-state index in [1.165, 1.54) is 0 Å². The van der Waals surface area contributed by atoms with Gasteiger partial charge in [-0.15, -0.1) is 10.2 Å². The highest BCUT2D eigenvalue weighted by atomic mass is 35.5. The van der Waals surface area contributed by atoms with Gasteiger partial charge >= 0.3 is 5.97 Å². The fraction of sp³-hybridized carbons (Fsp3) is 0.263. The average Bonchev–Trinajstić information content (AvgIpc) is 3.06. The number of pyridine rings is 1. The molecule has 0 aliphatic heterocycles. The summed E-state index contributed by atoms with van der Waals surface area (Å²) in [5.74, 6) is -0.188. The van der Waals surface area contributed by atoms with E-state index in [1.807, 2.05) is 16.7 Å². The van der Waals surface area contributed by atoms with Crippen LogP contribution >= 0.6 is 23.2 Å². The van der Waals surface area contributed by atoms with E-state index in [-0.39, 0.29) is 5.56 Å². The fourth-order valence-electron chi connectivity index (χ4n) is 2.86. The van der Waals surface area contributed by atoms with Crippen LogP contribution in [0, 0.1) is 6.92 Å². The molecule has 3 aromatic rings. The van der Waals surface area contributed by atoms with Crippen LogP contribution in [0.4, 0.5) is 0 Å². The van der Waals surface area contributed by atoms with E-state index in [0.29, 0.717) is 41.1 Å². The summed E-state index contributed by atoms with van der Waals surface area (Å²) in [5, 5.41) is 21.7. The van der Waals surface area contributed by atoms with Gasteiger partial charge in [-0.05, 0) is 49.2 Å². The zero-order valence-electron chi connectivity index (χ0n) is 15.2. The van der Waals surface area contributed by atoms with E-state index >= 15 is 0 Å². The second-order valence-corrected chi connectivity index (χ2v) is 7.24. The molecule has 2 aromatic heterocycles. The molecule has 0 aliphatic carbocycles. The van der Waals surface area contributed by atoms with E-state index < -0.39 is 5.97 Å². The van der Waals surface area contributed by atoms with Crippen molar-refractivity contribution < 1.29 is 9.90 Å². The third-order valence-electron chi connectivity index (χ3n) is 4.10. The minimum atomic E-state index is -0.965. The minimum Gasteiger partial charge on any atom is -0.478 e. The molecule has 9 heteroatoms. The Morgan fingerprint density at radius 1 is 1.14 bits per heavy atom. The van der Waals surface area contributed by atoms with Crippen LogP contribution in [0.1, 0.15) is 33.1 Å². The molecule has 0 amide bonds. The number of rotatable bonds is 8. The van der Waals surface area contributed by atoms with Crippen LogP contribution in [0.25, 0.3) is 0 Å². The Hall–Kier alpha value is -2.48. The van der Waals surface area contributed by atoms with E-state index in [2.05, 4.69) is 20.5 Å². The highest BCUT2D eigenvalue weighted by Crippen LogP contribution is 2.19. The molecule has 0 spiro atoms. The van der Waals surface area contributed by atoms with Gasteiger partial charge in [-0.25, -0.2) is 4.79 Å². The van der Waals surface area contributed by atoms with Crippen LogP contribution in [0.2, 0.25) is 10.0 Å². The number of aromatic nitrogens is 4. The number of nitrogens with one attached hydrogen (secondary N) is 1. The quantitative estimate of drug-likeness (QED) is 0.579. The summed E-state index contributed by atoms with van der Waals surface area (Å²) in [6.07, 6.45) is 2.42. The maximum Gasteiger partial charge on any atom is 0.335 e. The first-order valence-electron chi connectivity index (χ1n) is 8.64. The predicted octanol–water partition coefficient (Wildman–Crippen LogP) is 3.52. The smallest absolute Gasteiger partial charge is 0.335 e. The first-order chi connectivity index (χ1) is 13.4. The molecule has 0 bridgehead atoms. The Morgan fingerprint density at radius 2 is 1.89 bits per heavy atom. The molecule has 0 radical (unpaired) electrons. The highest BCUT2D eigenvalue weighted by molar-refractivity contribution is 6.34. The van der Waals surface area contributed by atoms with Crippen molar-refractivity contribution in [2.75, 3.05) is 0 Å². The van der Waals surface area contributed by atoms with Gasteiger partial charge in [0.15, 0.2) is 0 Å². The van der Waals surface area contributed by atoms with Crippen LogP contribution in [-0.4, -0.2) is 30.8 Å². The Morgan fingerprint density at radius 3 is 2.61 bits per heavy atom. The predicted molar refractivity (Wildman–Crippen MR) is 107 cm³/mol. The monoisotopic (exact) mass is 419 g/mol. The third kappa shape index (κ3) is 5.51. The molecule has 2 heterocycles. The van der Waals surface area contributed by atoms with Crippen LogP contribution < -0.4 is 5.32 Å². The number of benzene rings is 1. The number of nitrogens with zero attached hydrogens (tertiary/aromatic N) is 4. The molecular weight excluding hydrogens is 401 g/mol. The Bertz CT molecular complexity index is 970. The van der Waals surface area contributed by atoms with Crippen LogP contribution in [0.15, 0.2) is 36.7 Å². The summed E-state index contributed by atoms with van der Waals surface area (Å²) in [6.45, 7) is 3.37. The van der Waals surface area contributed by atoms with Crippen LogP contribution in [-0.2, 0) is 26.1 Å². The zero-order chi connectivity index (χ0) is 20.1. The number of carboxylic acids is 1. The number of aryl methyl sites for hydroxylation is 3. The van der Waals surface area contributed by atoms with Crippen molar-refractivity contribution in [2.24, 2.45) is 0 Å². The second-order valence-electron chi connectivity index (χ2n) is 6.37. The van der Waals surface area contributed by atoms with Crippen molar-refractivity contribution in [3.8, 4) is 0 Å². The number of hydrogen-bond acceptors (Lipinski definition) is 5. The van der Waals surface area contributed by atoms with Gasteiger partial charge in [-0.2, -0.15) is 0 Å². The van der Waals surface area contributed by atoms with E-state index in [4.69, 9.17) is 28.3 Å². The van der Waals surface area contributed by atoms with Crippen molar-refractivity contribution in [2.45, 2.75) is 33.0 Å². The van der Waals surface area contributed by atoms with Gasteiger partial charge in [0.05, 0.1) is 17.8 Å². The van der Waals surface area contributed by atoms with E-state index in [9.17, 15) is 4.79 Å². The Labute approximate surface area is 172 Å². The number of halogens is 2. The van der Waals surface area contributed by atoms with Crippen LogP contribution in [0.5, 0.6) is 0 Å². The molecule has 2 N–H and O–H groups in total. The normalized spacial score (nSPS) is 11.0. The van der Waals surface area contributed by atoms with Crippen LogP contribution in [0.3, 0.4) is 0 Å². The molecule has 0 aliphatic rings. The molecule has 0 unspecified atom stereocenters. The second kappa shape index (κ2) is 9.14. The SMILES string of the molecule is Cc1cc(C(=O)O)cc(CNCc2nncn2CCc2cc(Cl)cc(Cl)c2)n1. The fourth-order valence-corrected chi connectivity index (χ4v) is 3.43. The van der Waals surface area contributed by atoms with Crippen molar-refractivity contribution >= 4 is 29.2 Å². The molecule has 7 nitrogen and oxygen atoms in total. The van der Waals surface area contributed by atoms with Gasteiger partial charge in [-0.1, -0.05) is 23.2 Å². The van der Waals surface area contributed by atoms with Gasteiger partial charge in [-0.3, -0.25) is 4.98 Å². The standard InChI is InChI=1S/C19H19Cl2N5O2/c1-12-4-14(19(27)28)7-17(24-12)9-22-10-18-25-23-11-26(18)3-2-13-5-15(20)8-16(21)6-13/h4-8,11,22H,2-3,9-10H2,1H3,(H,27,28). The molecule has 0 saturated carbocycles. The summed E-state index contributed by atoms with van der Waals surface area (Å²) in [4.78, 5) is 15.5. The summed E-state index contributed by atoms with van der Waals surface area (Å²) >= 11 is 12.1. The van der Waals surface area contributed by atoms with E-state index in [1.54, 1.807) is 31.5 Å². The third-order valence-corrected chi connectivity index (χ3v) is 4.54. The van der Waals surface area contributed by atoms with Gasteiger partial charge in [0, 0.05) is 28.8 Å². The van der Waals surface area contributed by atoms with E-state index in [0.717, 1.165) is 17.8 Å². The zero-order valence-corrected chi connectivity index (χ0v) is 16.7. The Balaban J connectivity index is 1.58. The topological polar surface area (TPSA) is 92.9 Å². The highest BCUT2D eigenvalue weighted by Gasteiger charge is 2.08. The molecular formula is C19H19Cl2N5O2. The van der Waals surface area contributed by atoms with Crippen molar-refractivity contribution in [3.63, 3.8) is 0 Å². The lowest BCUT2D eigenvalue weighted by Gasteiger charge is -2.09. The number of hydrogen-bond donors (Lipinski definition) is 2. The van der Waals surface area contributed by atoms with Gasteiger partial charge in [0.1, 0.15) is 12.2 Å². The largest absolute Gasteiger partial charge is 0.478 e. The summed E-state index contributed by atoms with van der Waals surface area (Å²) in [6, 6.07) is 8.59. The van der Waals surface area contributed by atoms with Crippen molar-refractivity contribution in [1.29, 1.82) is 0 Å². The summed E-state index contributed by atoms with van der Waals surface area (Å²) in [7, 11) is 0. The van der Waals surface area contributed by atoms with Gasteiger partial charge in [0.2, 0.25) is 0 Å². The number of carboxylic acid groups (broad SMARTS) is 1. The summed E-state index contributed by atoms with van der Waals surface area (Å²) in [5.41, 5.74) is 2.60. The first-order valence-corrected chi connectivity index (χ1v) is 9.39.